The van der Waals surface area contributed by atoms with E-state index < -0.39 is 10.0 Å². The van der Waals surface area contributed by atoms with Crippen LogP contribution in [0, 0.1) is 0 Å². The third kappa shape index (κ3) is 4.17. The van der Waals surface area contributed by atoms with Crippen molar-refractivity contribution in [2.75, 3.05) is 17.8 Å². The quantitative estimate of drug-likeness (QED) is 0.688. The number of anilines is 1. The van der Waals surface area contributed by atoms with E-state index in [1.165, 1.54) is 30.3 Å². The van der Waals surface area contributed by atoms with Crippen molar-refractivity contribution in [2.24, 2.45) is 0 Å². The Balaban J connectivity index is 1.97. The van der Waals surface area contributed by atoms with Crippen LogP contribution in [0.4, 0.5) is 5.69 Å². The van der Waals surface area contributed by atoms with Crippen LogP contribution < -0.4 is 4.72 Å². The van der Waals surface area contributed by atoms with Crippen LogP contribution in [-0.2, 0) is 10.0 Å². The van der Waals surface area contributed by atoms with Crippen molar-refractivity contribution in [3.8, 4) is 0 Å². The fraction of sp³-hybridized carbons (Fsp3) is 0.235. The van der Waals surface area contributed by atoms with E-state index in [0.29, 0.717) is 22.6 Å². The van der Waals surface area contributed by atoms with E-state index in [2.05, 4.69) is 20.7 Å². The standard InChI is InChI=1S/C17H15BrCl2N2O3S/c18-11-3-6-16(14(20)9-11)26(24,25)21-15-5-4-12(19)10-13(15)17(23)22-7-1-2-8-22/h3-6,9-10,21H,1-2,7-8H2. The number of nitrogens with one attached hydrogen (secondary N) is 1. The monoisotopic (exact) mass is 476 g/mol. The fourth-order valence-electron chi connectivity index (χ4n) is 2.77. The van der Waals surface area contributed by atoms with Gasteiger partial charge in [-0.05, 0) is 49.2 Å². The summed E-state index contributed by atoms with van der Waals surface area (Å²) in [5, 5.41) is 0.436. The average molecular weight is 478 g/mol. The Morgan fingerprint density at radius 3 is 2.42 bits per heavy atom. The van der Waals surface area contributed by atoms with Gasteiger partial charge in [-0.2, -0.15) is 0 Å². The van der Waals surface area contributed by atoms with Gasteiger partial charge in [-0.15, -0.1) is 0 Å². The van der Waals surface area contributed by atoms with Crippen LogP contribution in [0.3, 0.4) is 0 Å². The molecule has 1 N–H and O–H groups in total. The first-order chi connectivity index (χ1) is 12.3. The van der Waals surface area contributed by atoms with Crippen molar-refractivity contribution in [3.05, 3.63) is 56.5 Å². The molecule has 2 aromatic rings. The summed E-state index contributed by atoms with van der Waals surface area (Å²) in [5.41, 5.74) is 0.390. The minimum atomic E-state index is -3.97. The highest BCUT2D eigenvalue weighted by atomic mass is 79.9. The van der Waals surface area contributed by atoms with Gasteiger partial charge in [-0.3, -0.25) is 9.52 Å². The van der Waals surface area contributed by atoms with Gasteiger partial charge in [0, 0.05) is 22.6 Å². The maximum Gasteiger partial charge on any atom is 0.263 e. The second kappa shape index (κ2) is 7.76. The maximum atomic E-state index is 12.8. The molecule has 0 saturated carbocycles. The highest BCUT2D eigenvalue weighted by Crippen LogP contribution is 2.30. The van der Waals surface area contributed by atoms with Crippen LogP contribution in [0.5, 0.6) is 0 Å². The molecule has 1 amide bonds. The Morgan fingerprint density at radius 2 is 1.77 bits per heavy atom. The third-order valence-corrected chi connectivity index (χ3v) is 6.61. The van der Waals surface area contributed by atoms with E-state index in [4.69, 9.17) is 23.2 Å². The summed E-state index contributed by atoms with van der Waals surface area (Å²) in [5.74, 6) is -0.246. The first kappa shape index (κ1) is 19.5. The molecule has 0 unspecified atom stereocenters. The number of benzene rings is 2. The predicted octanol–water partition coefficient (Wildman–Crippen LogP) is 4.79. The zero-order chi connectivity index (χ0) is 18.9. The number of rotatable bonds is 4. The molecule has 5 nitrogen and oxygen atoms in total. The molecule has 1 heterocycles. The summed E-state index contributed by atoms with van der Waals surface area (Å²) in [6.07, 6.45) is 1.86. The van der Waals surface area contributed by atoms with E-state index in [9.17, 15) is 13.2 Å². The molecule has 0 aromatic heterocycles. The lowest BCUT2D eigenvalue weighted by molar-refractivity contribution is 0.0794. The van der Waals surface area contributed by atoms with Gasteiger partial charge in [0.15, 0.2) is 0 Å². The van der Waals surface area contributed by atoms with E-state index in [1.54, 1.807) is 11.0 Å². The van der Waals surface area contributed by atoms with Gasteiger partial charge < -0.3 is 4.90 Å². The zero-order valence-electron chi connectivity index (χ0n) is 13.5. The highest BCUT2D eigenvalue weighted by Gasteiger charge is 2.25. The Hall–Kier alpha value is -1.28. The van der Waals surface area contributed by atoms with E-state index >= 15 is 0 Å². The number of hydrogen-bond donors (Lipinski definition) is 1. The molecule has 138 valence electrons. The molecule has 0 aliphatic carbocycles. The molecular weight excluding hydrogens is 463 g/mol. The first-order valence-electron chi connectivity index (χ1n) is 7.84. The Kier molecular flexibility index (Phi) is 5.81. The zero-order valence-corrected chi connectivity index (χ0v) is 17.4. The fourth-order valence-corrected chi connectivity index (χ4v) is 5.06. The molecule has 1 saturated heterocycles. The Labute approximate surface area is 170 Å². The van der Waals surface area contributed by atoms with Gasteiger partial charge >= 0.3 is 0 Å². The molecule has 0 bridgehead atoms. The minimum absolute atomic E-state index is 0.0723. The molecule has 0 radical (unpaired) electrons. The lowest BCUT2D eigenvalue weighted by atomic mass is 10.1. The van der Waals surface area contributed by atoms with Crippen molar-refractivity contribution in [1.82, 2.24) is 4.90 Å². The van der Waals surface area contributed by atoms with Crippen molar-refractivity contribution in [2.45, 2.75) is 17.7 Å². The van der Waals surface area contributed by atoms with Gasteiger partial charge in [0.25, 0.3) is 15.9 Å². The number of halogens is 3. The van der Waals surface area contributed by atoms with Gasteiger partial charge in [0.1, 0.15) is 4.90 Å². The van der Waals surface area contributed by atoms with Crippen LogP contribution in [-0.4, -0.2) is 32.3 Å². The van der Waals surface area contributed by atoms with Gasteiger partial charge in [0.2, 0.25) is 0 Å². The summed E-state index contributed by atoms with van der Waals surface area (Å²) < 4.78 is 28.6. The van der Waals surface area contributed by atoms with Crippen LogP contribution in [0.25, 0.3) is 0 Å². The summed E-state index contributed by atoms with van der Waals surface area (Å²) in [6, 6.07) is 8.96. The van der Waals surface area contributed by atoms with E-state index in [1.807, 2.05) is 0 Å². The number of amides is 1. The van der Waals surface area contributed by atoms with E-state index in [0.717, 1.165) is 12.8 Å². The van der Waals surface area contributed by atoms with Crippen molar-refractivity contribution in [1.29, 1.82) is 0 Å². The molecule has 0 spiro atoms. The lowest BCUT2D eigenvalue weighted by Crippen LogP contribution is -2.29. The van der Waals surface area contributed by atoms with Crippen molar-refractivity contribution < 1.29 is 13.2 Å². The molecule has 1 aliphatic heterocycles. The summed E-state index contributed by atoms with van der Waals surface area (Å²) in [7, 11) is -3.97. The first-order valence-corrected chi connectivity index (χ1v) is 10.9. The number of carbonyl (C=O) groups is 1. The number of likely N-dealkylation sites (tertiary alicyclic amines) is 1. The normalized spacial score (nSPS) is 14.5. The second-order valence-corrected chi connectivity index (χ2v) is 9.28. The van der Waals surface area contributed by atoms with Crippen LogP contribution in [0.2, 0.25) is 10.0 Å². The van der Waals surface area contributed by atoms with Gasteiger partial charge in [0.05, 0.1) is 16.3 Å². The Morgan fingerprint density at radius 1 is 1.08 bits per heavy atom. The van der Waals surface area contributed by atoms with Gasteiger partial charge in [-0.1, -0.05) is 39.1 Å². The van der Waals surface area contributed by atoms with E-state index in [-0.39, 0.29) is 27.1 Å². The van der Waals surface area contributed by atoms with Crippen LogP contribution in [0.15, 0.2) is 45.8 Å². The summed E-state index contributed by atoms with van der Waals surface area (Å²) in [4.78, 5) is 14.4. The van der Waals surface area contributed by atoms with Crippen molar-refractivity contribution >= 4 is 60.7 Å². The molecule has 9 heteroatoms. The largest absolute Gasteiger partial charge is 0.339 e. The SMILES string of the molecule is O=C(c1cc(Cl)ccc1NS(=O)(=O)c1ccc(Br)cc1Cl)N1CCCC1. The minimum Gasteiger partial charge on any atom is -0.339 e. The summed E-state index contributed by atoms with van der Waals surface area (Å²) >= 11 is 15.3. The number of hydrogen-bond acceptors (Lipinski definition) is 3. The van der Waals surface area contributed by atoms with Gasteiger partial charge in [-0.25, -0.2) is 8.42 Å². The predicted molar refractivity (Wildman–Crippen MR) is 107 cm³/mol. The molecule has 2 aromatic carbocycles. The second-order valence-electron chi connectivity index (χ2n) is 5.87. The highest BCUT2D eigenvalue weighted by molar-refractivity contribution is 9.10. The molecule has 1 fully saturated rings. The number of sulfonamides is 1. The van der Waals surface area contributed by atoms with Crippen molar-refractivity contribution in [3.63, 3.8) is 0 Å². The van der Waals surface area contributed by atoms with Crippen LogP contribution in [0.1, 0.15) is 23.2 Å². The lowest BCUT2D eigenvalue weighted by Gasteiger charge is -2.19. The number of nitrogens with zero attached hydrogens (tertiary/aromatic N) is 1. The topological polar surface area (TPSA) is 66.5 Å². The average Bonchev–Trinajstić information content (AvgIpc) is 3.09. The maximum absolute atomic E-state index is 12.8. The number of carbonyl (C=O) groups excluding carboxylic acids is 1. The summed E-state index contributed by atoms with van der Waals surface area (Å²) in [6.45, 7) is 1.30. The molecule has 1 aliphatic rings. The Bertz CT molecular complexity index is 960. The smallest absolute Gasteiger partial charge is 0.263 e. The molecule has 26 heavy (non-hydrogen) atoms. The molecule has 0 atom stereocenters. The molecule has 3 rings (SSSR count). The molecular formula is C17H15BrCl2N2O3S. The van der Waals surface area contributed by atoms with Crippen LogP contribution >= 0.6 is 39.1 Å². The third-order valence-electron chi connectivity index (χ3n) is 4.03.